The van der Waals surface area contributed by atoms with E-state index in [2.05, 4.69) is 22.1 Å². The molecule has 2 heterocycles. The number of methoxy groups -OCH3 is 1. The molecule has 11 nitrogen and oxygen atoms in total. The number of pyridine rings is 1. The summed E-state index contributed by atoms with van der Waals surface area (Å²) in [5, 5.41) is 3.00. The first kappa shape index (κ1) is 33.3. The average Bonchev–Trinajstić information content (AvgIpc) is 3.39. The van der Waals surface area contributed by atoms with Crippen molar-refractivity contribution in [2.75, 3.05) is 49.3 Å². The molecule has 3 aromatic rings. The average molecular weight is 628 g/mol. The second kappa shape index (κ2) is 13.2. The SMILES string of the molecule is COCCN(CC1CC1C)c1cc(-c2ncc([C@@](C)(Cc3ccccc3)NC(=O)OC(C)(C)C)o2)cc(N(C)S(C)(=O)=O)n1. The van der Waals surface area contributed by atoms with Gasteiger partial charge in [0.1, 0.15) is 22.8 Å². The quantitative estimate of drug-likeness (QED) is 0.271. The third-order valence-corrected chi connectivity index (χ3v) is 8.89. The van der Waals surface area contributed by atoms with Gasteiger partial charge in [-0.3, -0.25) is 4.31 Å². The number of oxazole rings is 1. The van der Waals surface area contributed by atoms with E-state index in [9.17, 15) is 13.2 Å². The number of benzene rings is 1. The van der Waals surface area contributed by atoms with E-state index in [1.807, 2.05) is 43.3 Å². The van der Waals surface area contributed by atoms with Gasteiger partial charge in [-0.2, -0.15) is 0 Å². The Morgan fingerprint density at radius 3 is 2.39 bits per heavy atom. The van der Waals surface area contributed by atoms with Crippen LogP contribution < -0.4 is 14.5 Å². The van der Waals surface area contributed by atoms with Crippen LogP contribution in [0.2, 0.25) is 0 Å². The van der Waals surface area contributed by atoms with Gasteiger partial charge in [0.05, 0.1) is 19.1 Å². The minimum absolute atomic E-state index is 0.241. The molecule has 1 amide bonds. The Hall–Kier alpha value is -3.64. The number of ether oxygens (including phenoxy) is 2. The molecule has 0 saturated heterocycles. The molecule has 1 aliphatic rings. The number of sulfonamides is 1. The lowest BCUT2D eigenvalue weighted by atomic mass is 9.90. The maximum Gasteiger partial charge on any atom is 0.408 e. The zero-order valence-corrected chi connectivity index (χ0v) is 27.8. The molecular formula is C32H45N5O6S. The van der Waals surface area contributed by atoms with Crippen LogP contribution in [-0.2, 0) is 31.5 Å². The Balaban J connectivity index is 1.76. The first-order chi connectivity index (χ1) is 20.6. The predicted octanol–water partition coefficient (Wildman–Crippen LogP) is 5.22. The van der Waals surface area contributed by atoms with Gasteiger partial charge in [-0.15, -0.1) is 0 Å². The highest BCUT2D eigenvalue weighted by Gasteiger charge is 2.36. The van der Waals surface area contributed by atoms with Gasteiger partial charge in [-0.25, -0.2) is 23.2 Å². The highest BCUT2D eigenvalue weighted by atomic mass is 32.2. The lowest BCUT2D eigenvalue weighted by Gasteiger charge is -2.30. The standard InChI is InChI=1S/C32H45N5O6S/c1-22-16-25(22)21-37(14-15-41-7)28-18-24(17-27(34-28)36(6)44(8,39)40)29-33-20-26(42-29)32(5,19-23-12-10-9-11-13-23)35-30(38)43-31(2,3)4/h9-13,17-18,20,22,25H,14-16,19,21H2,1-8H3,(H,35,38)/t22?,25?,32-/m1/s1. The summed E-state index contributed by atoms with van der Waals surface area (Å²) in [5.74, 6) is 2.67. The van der Waals surface area contributed by atoms with Crippen molar-refractivity contribution in [3.63, 3.8) is 0 Å². The van der Waals surface area contributed by atoms with Gasteiger partial charge in [0, 0.05) is 39.2 Å². The third kappa shape index (κ3) is 8.72. The van der Waals surface area contributed by atoms with E-state index >= 15 is 0 Å². The molecule has 44 heavy (non-hydrogen) atoms. The highest BCUT2D eigenvalue weighted by Crippen LogP contribution is 2.40. The normalized spacial score (nSPS) is 17.9. The molecule has 3 atom stereocenters. The van der Waals surface area contributed by atoms with Gasteiger partial charge in [-0.05, 0) is 63.6 Å². The Kier molecular flexibility index (Phi) is 9.94. The first-order valence-electron chi connectivity index (χ1n) is 14.8. The zero-order valence-electron chi connectivity index (χ0n) is 27.0. The van der Waals surface area contributed by atoms with Crippen molar-refractivity contribution in [2.45, 2.75) is 58.6 Å². The number of nitrogens with zero attached hydrogens (tertiary/aromatic N) is 4. The summed E-state index contributed by atoms with van der Waals surface area (Å²) in [4.78, 5) is 24.4. The number of alkyl carbamates (subject to hydrolysis) is 1. The molecule has 0 spiro atoms. The molecule has 1 fully saturated rings. The lowest BCUT2D eigenvalue weighted by Crippen LogP contribution is -2.47. The summed E-state index contributed by atoms with van der Waals surface area (Å²) < 4.78 is 43.5. The van der Waals surface area contributed by atoms with E-state index in [1.165, 1.54) is 7.05 Å². The molecule has 4 rings (SSSR count). The van der Waals surface area contributed by atoms with Gasteiger partial charge in [0.25, 0.3) is 0 Å². The molecule has 0 bridgehead atoms. The van der Waals surface area contributed by atoms with Crippen molar-refractivity contribution in [1.29, 1.82) is 0 Å². The summed E-state index contributed by atoms with van der Waals surface area (Å²) >= 11 is 0. The first-order valence-corrected chi connectivity index (χ1v) is 16.6. The van der Waals surface area contributed by atoms with Crippen LogP contribution in [0.25, 0.3) is 11.5 Å². The number of aromatic nitrogens is 2. The number of nitrogens with one attached hydrogen (secondary N) is 1. The fraction of sp³-hybridized carbons (Fsp3) is 0.531. The van der Waals surface area contributed by atoms with Gasteiger partial charge < -0.3 is 24.1 Å². The van der Waals surface area contributed by atoms with Crippen LogP contribution in [0.3, 0.4) is 0 Å². The molecule has 1 aromatic carbocycles. The van der Waals surface area contributed by atoms with Crippen LogP contribution in [0.1, 0.15) is 52.4 Å². The second-order valence-electron chi connectivity index (χ2n) is 12.9. The van der Waals surface area contributed by atoms with Gasteiger partial charge in [-0.1, -0.05) is 37.3 Å². The number of anilines is 2. The molecule has 0 radical (unpaired) electrons. The molecule has 240 valence electrons. The molecule has 2 aromatic heterocycles. The summed E-state index contributed by atoms with van der Waals surface area (Å²) in [7, 11) is -0.482. The van der Waals surface area contributed by atoms with Gasteiger partial charge >= 0.3 is 6.09 Å². The fourth-order valence-corrected chi connectivity index (χ4v) is 5.38. The van der Waals surface area contributed by atoms with E-state index < -0.39 is 27.3 Å². The van der Waals surface area contributed by atoms with E-state index in [-0.39, 0.29) is 11.7 Å². The van der Waals surface area contributed by atoms with Crippen LogP contribution >= 0.6 is 0 Å². The highest BCUT2D eigenvalue weighted by molar-refractivity contribution is 7.92. The van der Waals surface area contributed by atoms with Crippen LogP contribution in [0.5, 0.6) is 0 Å². The number of hydrogen-bond donors (Lipinski definition) is 1. The second-order valence-corrected chi connectivity index (χ2v) is 14.9. The number of carbonyl (C=O) groups excluding carboxylic acids is 1. The van der Waals surface area contributed by atoms with E-state index in [0.29, 0.717) is 48.5 Å². The molecular weight excluding hydrogens is 582 g/mol. The van der Waals surface area contributed by atoms with Crippen molar-refractivity contribution < 1.29 is 27.1 Å². The molecule has 2 unspecified atom stereocenters. The van der Waals surface area contributed by atoms with Crippen LogP contribution in [0.4, 0.5) is 16.4 Å². The Morgan fingerprint density at radius 1 is 1.14 bits per heavy atom. The Morgan fingerprint density at radius 2 is 1.80 bits per heavy atom. The Bertz CT molecular complexity index is 1540. The lowest BCUT2D eigenvalue weighted by molar-refractivity contribution is 0.0447. The monoisotopic (exact) mass is 627 g/mol. The molecule has 12 heteroatoms. The van der Waals surface area contributed by atoms with E-state index in [0.717, 1.165) is 29.1 Å². The molecule has 0 aliphatic heterocycles. The van der Waals surface area contributed by atoms with Crippen LogP contribution in [0, 0.1) is 11.8 Å². The fourth-order valence-electron chi connectivity index (χ4n) is 4.94. The maximum absolute atomic E-state index is 13.0. The smallest absolute Gasteiger partial charge is 0.408 e. The third-order valence-electron chi connectivity index (χ3n) is 7.71. The largest absolute Gasteiger partial charge is 0.444 e. The number of carbonyl (C=O) groups is 1. The summed E-state index contributed by atoms with van der Waals surface area (Å²) in [6.45, 7) is 11.3. The zero-order chi connectivity index (χ0) is 32.3. The molecule has 1 N–H and O–H groups in total. The van der Waals surface area contributed by atoms with Crippen molar-refractivity contribution in [2.24, 2.45) is 11.8 Å². The summed E-state index contributed by atoms with van der Waals surface area (Å²) in [6.07, 6.45) is 3.68. The van der Waals surface area contributed by atoms with E-state index in [4.69, 9.17) is 18.9 Å². The van der Waals surface area contributed by atoms with Crippen LogP contribution in [0.15, 0.2) is 53.1 Å². The number of hydrogen-bond acceptors (Lipinski definition) is 9. The van der Waals surface area contributed by atoms with E-state index in [1.54, 1.807) is 40.1 Å². The molecule has 1 aliphatic carbocycles. The minimum Gasteiger partial charge on any atom is -0.444 e. The van der Waals surface area contributed by atoms with Gasteiger partial charge in [0.15, 0.2) is 5.76 Å². The molecule has 1 saturated carbocycles. The van der Waals surface area contributed by atoms with Crippen molar-refractivity contribution in [1.82, 2.24) is 15.3 Å². The minimum atomic E-state index is -3.60. The van der Waals surface area contributed by atoms with Crippen molar-refractivity contribution in [3.8, 4) is 11.5 Å². The van der Waals surface area contributed by atoms with Gasteiger partial charge in [0.2, 0.25) is 15.9 Å². The van der Waals surface area contributed by atoms with Crippen molar-refractivity contribution in [3.05, 3.63) is 60.0 Å². The topological polar surface area (TPSA) is 127 Å². The summed E-state index contributed by atoms with van der Waals surface area (Å²) in [6, 6.07) is 13.3. The number of amides is 1. The van der Waals surface area contributed by atoms with Crippen molar-refractivity contribution >= 4 is 27.8 Å². The summed E-state index contributed by atoms with van der Waals surface area (Å²) in [5.41, 5.74) is -0.163. The maximum atomic E-state index is 13.0. The number of rotatable bonds is 13. The Labute approximate surface area is 261 Å². The predicted molar refractivity (Wildman–Crippen MR) is 171 cm³/mol. The van der Waals surface area contributed by atoms with Crippen LogP contribution in [-0.4, -0.2) is 70.2 Å².